The largest absolute Gasteiger partial charge is 0.311 e. The number of rotatable bonds is 4. The Labute approximate surface area is 456 Å². The Balaban J connectivity index is 1.28. The Morgan fingerprint density at radius 2 is 0.605 bits per heavy atom. The second-order valence-corrected chi connectivity index (χ2v) is 28.5. The molecule has 0 aliphatic carbocycles. The van der Waals surface area contributed by atoms with Crippen molar-refractivity contribution in [3.63, 3.8) is 0 Å². The molecule has 8 aromatic carbocycles. The number of hydrogen-bond donors (Lipinski definition) is 0. The average Bonchev–Trinajstić information content (AvgIpc) is 3.87. The zero-order valence-corrected chi connectivity index (χ0v) is 48.9. The molecule has 2 aliphatic rings. The molecule has 4 heteroatoms. The van der Waals surface area contributed by atoms with Gasteiger partial charge < -0.3 is 14.4 Å². The van der Waals surface area contributed by atoms with Crippen LogP contribution < -0.4 is 26.2 Å². The molecule has 0 atom stereocenters. The minimum Gasteiger partial charge on any atom is -0.311 e. The molecule has 3 heterocycles. The van der Waals surface area contributed by atoms with Crippen molar-refractivity contribution in [1.29, 1.82) is 0 Å². The van der Waals surface area contributed by atoms with Crippen LogP contribution in [0.5, 0.6) is 0 Å². The van der Waals surface area contributed by atoms with Gasteiger partial charge in [0.1, 0.15) is 0 Å². The Kier molecular flexibility index (Phi) is 11.7. The van der Waals surface area contributed by atoms with Crippen LogP contribution in [0.3, 0.4) is 0 Å². The second kappa shape index (κ2) is 17.4. The average molecular weight is 998 g/mol. The molecule has 2 aliphatic heterocycles. The number of nitrogens with zero attached hydrogens (tertiary/aromatic N) is 3. The standard InChI is InChI=1S/C72H80BN3/c1-67(2,3)47-22-19-45(20-23-47)46-21-35-62-58(39-46)73-59-42-52(72(16,17)18)30-38-63(59)75(54-33-26-49(27-34-54)69(7,8)9)65-44-55(43-64(66(65)73)74(62)53-31-24-48(25-32-53)68(4,5)6)76-60-36-28-50(70(10,11)12)40-56(60)57-41-51(71(13,14)15)29-37-61(57)76/h19-44H,1-18H3. The van der Waals surface area contributed by atoms with E-state index in [9.17, 15) is 0 Å². The summed E-state index contributed by atoms with van der Waals surface area (Å²) in [4.78, 5) is 5.19. The maximum absolute atomic E-state index is 2.59. The molecular formula is C72H80BN3. The summed E-state index contributed by atoms with van der Waals surface area (Å²) in [6.45, 7) is 41.7. The van der Waals surface area contributed by atoms with E-state index in [-0.39, 0.29) is 39.2 Å². The van der Waals surface area contributed by atoms with Crippen molar-refractivity contribution in [2.45, 2.75) is 157 Å². The van der Waals surface area contributed by atoms with E-state index < -0.39 is 0 Å². The van der Waals surface area contributed by atoms with Crippen molar-refractivity contribution in [3.8, 4) is 16.8 Å². The number of benzene rings is 8. The van der Waals surface area contributed by atoms with Gasteiger partial charge in [0, 0.05) is 44.9 Å². The lowest BCUT2D eigenvalue weighted by molar-refractivity contribution is 0.590. The quantitative estimate of drug-likeness (QED) is 0.163. The Hall–Kier alpha value is -6.78. The lowest BCUT2D eigenvalue weighted by Gasteiger charge is -2.45. The van der Waals surface area contributed by atoms with E-state index in [1.807, 2.05) is 0 Å². The first kappa shape index (κ1) is 51.3. The highest BCUT2D eigenvalue weighted by atomic mass is 15.2. The Morgan fingerprint density at radius 1 is 0.276 bits per heavy atom. The van der Waals surface area contributed by atoms with Crippen LogP contribution in [0.25, 0.3) is 38.6 Å². The lowest BCUT2D eigenvalue weighted by Crippen LogP contribution is -2.61. The van der Waals surface area contributed by atoms with Crippen molar-refractivity contribution in [2.75, 3.05) is 9.80 Å². The fraction of sp³-hybridized carbons (Fsp3) is 0.333. The highest BCUT2D eigenvalue weighted by Crippen LogP contribution is 2.48. The molecule has 11 rings (SSSR count). The van der Waals surface area contributed by atoms with Crippen LogP contribution in [0, 0.1) is 0 Å². The van der Waals surface area contributed by atoms with Crippen molar-refractivity contribution < 1.29 is 0 Å². The van der Waals surface area contributed by atoms with Crippen LogP contribution in [0.1, 0.15) is 158 Å². The van der Waals surface area contributed by atoms with Gasteiger partial charge in [-0.3, -0.25) is 0 Å². The zero-order valence-electron chi connectivity index (χ0n) is 48.9. The van der Waals surface area contributed by atoms with Gasteiger partial charge in [-0.05, 0) is 166 Å². The summed E-state index contributed by atoms with van der Waals surface area (Å²) >= 11 is 0. The molecule has 0 saturated carbocycles. The van der Waals surface area contributed by atoms with Gasteiger partial charge in [-0.25, -0.2) is 0 Å². The van der Waals surface area contributed by atoms with Gasteiger partial charge >= 0.3 is 0 Å². The predicted octanol–water partition coefficient (Wildman–Crippen LogP) is 18.3. The summed E-state index contributed by atoms with van der Waals surface area (Å²) in [5, 5.41) is 2.57. The Bertz CT molecular complexity index is 3640. The maximum atomic E-state index is 2.59. The molecule has 0 bridgehead atoms. The topological polar surface area (TPSA) is 11.4 Å². The molecule has 76 heavy (non-hydrogen) atoms. The van der Waals surface area contributed by atoms with E-state index in [4.69, 9.17) is 0 Å². The number of aromatic nitrogens is 1. The van der Waals surface area contributed by atoms with Crippen LogP contribution in [0.2, 0.25) is 0 Å². The van der Waals surface area contributed by atoms with Gasteiger partial charge in [0.2, 0.25) is 0 Å². The summed E-state index contributed by atoms with van der Waals surface area (Å²) in [5.74, 6) is 0. The van der Waals surface area contributed by atoms with Gasteiger partial charge in [-0.2, -0.15) is 0 Å². The first-order valence-corrected chi connectivity index (χ1v) is 27.9. The molecule has 386 valence electrons. The molecule has 0 unspecified atom stereocenters. The molecule has 0 spiro atoms. The highest BCUT2D eigenvalue weighted by molar-refractivity contribution is 7.00. The van der Waals surface area contributed by atoms with E-state index in [0.717, 1.165) is 17.1 Å². The van der Waals surface area contributed by atoms with Gasteiger partial charge in [0.25, 0.3) is 6.71 Å². The van der Waals surface area contributed by atoms with Crippen molar-refractivity contribution >= 4 is 79.0 Å². The summed E-state index contributed by atoms with van der Waals surface area (Å²) in [6.07, 6.45) is 0. The molecular weight excluding hydrogens is 918 g/mol. The summed E-state index contributed by atoms with van der Waals surface area (Å²) in [5.41, 5.74) is 25.1. The van der Waals surface area contributed by atoms with Crippen molar-refractivity contribution in [2.24, 2.45) is 0 Å². The third kappa shape index (κ3) is 8.78. The summed E-state index contributed by atoms with van der Waals surface area (Å²) in [6, 6.07) is 62.3. The smallest absolute Gasteiger partial charge is 0.252 e. The van der Waals surface area contributed by atoms with Crippen molar-refractivity contribution in [3.05, 3.63) is 191 Å². The molecule has 0 N–H and O–H groups in total. The van der Waals surface area contributed by atoms with E-state index in [0.29, 0.717) is 0 Å². The number of hydrogen-bond acceptors (Lipinski definition) is 2. The van der Waals surface area contributed by atoms with E-state index >= 15 is 0 Å². The SMILES string of the molecule is CC(C)(C)c1ccc(-c2ccc3c(c2)B2c4cc(C(C)(C)C)ccc4N(c4ccc(C(C)(C)C)cc4)c4cc(-n5c6ccc(C(C)(C)C)cc6c6cc(C(C)(C)C)ccc65)cc(c42)N3c2ccc(C(C)(C)C)cc2)cc1. The minimum absolute atomic E-state index is 0.00765. The van der Waals surface area contributed by atoms with Crippen molar-refractivity contribution in [1.82, 2.24) is 4.57 Å². The molecule has 0 radical (unpaired) electrons. The number of anilines is 6. The Morgan fingerprint density at radius 3 is 1.01 bits per heavy atom. The minimum atomic E-state index is -0.0631. The third-order valence-electron chi connectivity index (χ3n) is 16.7. The fourth-order valence-corrected chi connectivity index (χ4v) is 11.9. The van der Waals surface area contributed by atoms with E-state index in [1.54, 1.807) is 0 Å². The van der Waals surface area contributed by atoms with Gasteiger partial charge in [0.15, 0.2) is 0 Å². The first-order valence-electron chi connectivity index (χ1n) is 27.9. The monoisotopic (exact) mass is 998 g/mol. The zero-order chi connectivity index (χ0) is 54.4. The van der Waals surface area contributed by atoms with Gasteiger partial charge in [0.05, 0.1) is 16.7 Å². The highest BCUT2D eigenvalue weighted by Gasteiger charge is 2.45. The van der Waals surface area contributed by atoms with Crippen LogP contribution in [-0.4, -0.2) is 11.3 Å². The van der Waals surface area contributed by atoms with E-state index in [2.05, 4.69) is 297 Å². The van der Waals surface area contributed by atoms with Gasteiger partial charge in [-0.15, -0.1) is 0 Å². The summed E-state index contributed by atoms with van der Waals surface area (Å²) < 4.78 is 2.56. The molecule has 0 amide bonds. The number of fused-ring (bicyclic) bond motifs is 7. The fourth-order valence-electron chi connectivity index (χ4n) is 11.9. The molecule has 0 fully saturated rings. The van der Waals surface area contributed by atoms with Gasteiger partial charge in [-0.1, -0.05) is 210 Å². The third-order valence-corrected chi connectivity index (χ3v) is 16.7. The first-order chi connectivity index (χ1) is 35.5. The van der Waals surface area contributed by atoms with Crippen LogP contribution in [-0.2, 0) is 32.5 Å². The van der Waals surface area contributed by atoms with Crippen LogP contribution in [0.15, 0.2) is 158 Å². The van der Waals surface area contributed by atoms with E-state index in [1.165, 1.54) is 105 Å². The normalized spacial score (nSPS) is 14.1. The molecule has 0 saturated heterocycles. The van der Waals surface area contributed by atoms with Crippen LogP contribution in [0.4, 0.5) is 34.1 Å². The second-order valence-electron chi connectivity index (χ2n) is 28.5. The maximum Gasteiger partial charge on any atom is 0.252 e. The predicted molar refractivity (Wildman–Crippen MR) is 332 cm³/mol. The van der Waals surface area contributed by atoms with Crippen LogP contribution >= 0.6 is 0 Å². The summed E-state index contributed by atoms with van der Waals surface area (Å²) in [7, 11) is 0. The lowest BCUT2D eigenvalue weighted by atomic mass is 9.33. The molecule has 3 nitrogen and oxygen atoms in total. The molecule has 1 aromatic heterocycles. The molecule has 9 aromatic rings.